The SMILES string of the molecule is CN=C(NCCCCNc1ccccn1)NC1CC2(CCCC2)Oc2ccccc21. The number of nitrogens with zero attached hydrogens (tertiary/aromatic N) is 2. The van der Waals surface area contributed by atoms with Gasteiger partial charge in [-0.1, -0.05) is 24.3 Å². The summed E-state index contributed by atoms with van der Waals surface area (Å²) in [7, 11) is 1.84. The topological polar surface area (TPSA) is 70.6 Å². The maximum absolute atomic E-state index is 6.48. The monoisotopic (exact) mass is 407 g/mol. The van der Waals surface area contributed by atoms with Crippen LogP contribution in [0.1, 0.15) is 56.6 Å². The minimum Gasteiger partial charge on any atom is -0.487 e. The summed E-state index contributed by atoms with van der Waals surface area (Å²) in [6.45, 7) is 1.81. The highest BCUT2D eigenvalue weighted by Gasteiger charge is 2.43. The molecular formula is C24H33N5O. The van der Waals surface area contributed by atoms with E-state index in [4.69, 9.17) is 4.74 Å². The Morgan fingerprint density at radius 1 is 1.10 bits per heavy atom. The fourth-order valence-corrected chi connectivity index (χ4v) is 4.57. The molecule has 6 heteroatoms. The maximum atomic E-state index is 6.48. The van der Waals surface area contributed by atoms with Gasteiger partial charge in [-0.3, -0.25) is 4.99 Å². The molecule has 1 aromatic carbocycles. The van der Waals surface area contributed by atoms with Gasteiger partial charge in [0.15, 0.2) is 5.96 Å². The van der Waals surface area contributed by atoms with E-state index in [9.17, 15) is 0 Å². The van der Waals surface area contributed by atoms with Gasteiger partial charge in [0.25, 0.3) is 0 Å². The van der Waals surface area contributed by atoms with E-state index in [2.05, 4.69) is 50.2 Å². The van der Waals surface area contributed by atoms with E-state index >= 15 is 0 Å². The number of rotatable bonds is 7. The summed E-state index contributed by atoms with van der Waals surface area (Å²) in [4.78, 5) is 8.75. The number of fused-ring (bicyclic) bond motifs is 1. The highest BCUT2D eigenvalue weighted by Crippen LogP contribution is 2.46. The number of unbranched alkanes of at least 4 members (excludes halogenated alkanes) is 1. The lowest BCUT2D eigenvalue weighted by atomic mass is 9.86. The van der Waals surface area contributed by atoms with Gasteiger partial charge in [0.2, 0.25) is 0 Å². The molecule has 30 heavy (non-hydrogen) atoms. The maximum Gasteiger partial charge on any atom is 0.191 e. The minimum atomic E-state index is -0.0119. The molecule has 1 unspecified atom stereocenters. The van der Waals surface area contributed by atoms with E-state index in [1.807, 2.05) is 31.4 Å². The zero-order valence-electron chi connectivity index (χ0n) is 17.9. The van der Waals surface area contributed by atoms with Crippen molar-refractivity contribution in [2.75, 3.05) is 25.5 Å². The number of hydrogen-bond donors (Lipinski definition) is 3. The predicted molar refractivity (Wildman–Crippen MR) is 122 cm³/mol. The average Bonchev–Trinajstić information content (AvgIpc) is 3.23. The number of para-hydroxylation sites is 1. The van der Waals surface area contributed by atoms with Crippen molar-refractivity contribution in [2.24, 2.45) is 4.99 Å². The second-order valence-electron chi connectivity index (χ2n) is 8.28. The van der Waals surface area contributed by atoms with Crippen LogP contribution in [0.5, 0.6) is 5.75 Å². The molecule has 160 valence electrons. The summed E-state index contributed by atoms with van der Waals surface area (Å²) in [6, 6.07) is 14.6. The van der Waals surface area contributed by atoms with E-state index in [-0.39, 0.29) is 11.6 Å². The lowest BCUT2D eigenvalue weighted by Crippen LogP contribution is -2.46. The third-order valence-corrected chi connectivity index (χ3v) is 6.11. The first-order chi connectivity index (χ1) is 14.8. The standard InChI is InChI=1S/C24H33N5O/c1-25-23(28-17-9-8-16-27-22-12-4-7-15-26-22)29-20-18-24(13-5-6-14-24)30-21-11-3-2-10-19(20)21/h2-4,7,10-12,15,20H,5-6,8-9,13-14,16-18H2,1H3,(H,26,27)(H2,25,28,29). The molecule has 1 saturated carbocycles. The molecule has 4 rings (SSSR count). The van der Waals surface area contributed by atoms with Crippen LogP contribution in [0, 0.1) is 0 Å². The molecule has 1 aliphatic heterocycles. The number of benzene rings is 1. The van der Waals surface area contributed by atoms with Crippen LogP contribution in [0.15, 0.2) is 53.7 Å². The quantitative estimate of drug-likeness (QED) is 0.363. The summed E-state index contributed by atoms with van der Waals surface area (Å²) in [5.74, 6) is 2.82. The van der Waals surface area contributed by atoms with Crippen LogP contribution >= 0.6 is 0 Å². The van der Waals surface area contributed by atoms with Gasteiger partial charge in [-0.2, -0.15) is 0 Å². The summed E-state index contributed by atoms with van der Waals surface area (Å²) in [5, 5.41) is 10.5. The number of hydrogen-bond acceptors (Lipinski definition) is 4. The van der Waals surface area contributed by atoms with E-state index in [0.29, 0.717) is 0 Å². The molecule has 1 fully saturated rings. The fraction of sp³-hybridized carbons (Fsp3) is 0.500. The summed E-state index contributed by atoms with van der Waals surface area (Å²) >= 11 is 0. The number of nitrogens with one attached hydrogen (secondary N) is 3. The smallest absolute Gasteiger partial charge is 0.191 e. The van der Waals surface area contributed by atoms with Gasteiger partial charge in [-0.15, -0.1) is 0 Å². The molecule has 1 spiro atoms. The van der Waals surface area contributed by atoms with Crippen LogP contribution in [0.4, 0.5) is 5.82 Å². The first-order valence-electron chi connectivity index (χ1n) is 11.2. The Morgan fingerprint density at radius 3 is 2.70 bits per heavy atom. The second-order valence-corrected chi connectivity index (χ2v) is 8.28. The summed E-state index contributed by atoms with van der Waals surface area (Å²) in [5.41, 5.74) is 1.22. The zero-order chi connectivity index (χ0) is 20.7. The molecule has 1 atom stereocenters. The highest BCUT2D eigenvalue weighted by molar-refractivity contribution is 5.80. The Morgan fingerprint density at radius 2 is 1.90 bits per heavy atom. The Kier molecular flexibility index (Phi) is 6.72. The van der Waals surface area contributed by atoms with Crippen molar-refractivity contribution in [1.82, 2.24) is 15.6 Å². The number of aromatic nitrogens is 1. The van der Waals surface area contributed by atoms with Gasteiger partial charge in [0.05, 0.1) is 6.04 Å². The van der Waals surface area contributed by atoms with Crippen molar-refractivity contribution in [2.45, 2.75) is 56.6 Å². The van der Waals surface area contributed by atoms with E-state index in [0.717, 1.165) is 62.7 Å². The largest absolute Gasteiger partial charge is 0.487 e. The lowest BCUT2D eigenvalue weighted by molar-refractivity contribution is 0.0396. The molecule has 2 aromatic rings. The van der Waals surface area contributed by atoms with Crippen LogP contribution in [0.2, 0.25) is 0 Å². The van der Waals surface area contributed by atoms with Crippen molar-refractivity contribution in [3.05, 3.63) is 54.2 Å². The predicted octanol–water partition coefficient (Wildman–Crippen LogP) is 4.28. The van der Waals surface area contributed by atoms with Crippen LogP contribution in [0.25, 0.3) is 0 Å². The molecule has 0 amide bonds. The van der Waals surface area contributed by atoms with E-state index in [1.54, 1.807) is 0 Å². The van der Waals surface area contributed by atoms with Crippen molar-refractivity contribution in [1.29, 1.82) is 0 Å². The van der Waals surface area contributed by atoms with Gasteiger partial charge in [-0.05, 0) is 56.7 Å². The minimum absolute atomic E-state index is 0.0119. The number of aliphatic imine (C=N–C) groups is 1. The number of anilines is 1. The second kappa shape index (κ2) is 9.83. The molecule has 6 nitrogen and oxygen atoms in total. The molecule has 2 aliphatic rings. The molecular weight excluding hydrogens is 374 g/mol. The summed E-state index contributed by atoms with van der Waals surface area (Å²) < 4.78 is 6.48. The molecule has 0 saturated heterocycles. The third kappa shape index (κ3) is 5.04. The third-order valence-electron chi connectivity index (χ3n) is 6.11. The molecule has 2 heterocycles. The van der Waals surface area contributed by atoms with Crippen LogP contribution in [-0.4, -0.2) is 36.7 Å². The van der Waals surface area contributed by atoms with Crippen molar-refractivity contribution < 1.29 is 4.74 Å². The fourth-order valence-electron chi connectivity index (χ4n) is 4.57. The number of guanidine groups is 1. The molecule has 1 aromatic heterocycles. The van der Waals surface area contributed by atoms with Crippen LogP contribution in [0.3, 0.4) is 0 Å². The van der Waals surface area contributed by atoms with Gasteiger partial charge in [0, 0.05) is 38.3 Å². The van der Waals surface area contributed by atoms with E-state index < -0.39 is 0 Å². The Hall–Kier alpha value is -2.76. The molecule has 0 bridgehead atoms. The number of pyridine rings is 1. The molecule has 3 N–H and O–H groups in total. The lowest BCUT2D eigenvalue weighted by Gasteiger charge is -2.40. The van der Waals surface area contributed by atoms with Gasteiger partial charge in [0.1, 0.15) is 17.2 Å². The van der Waals surface area contributed by atoms with Gasteiger partial charge < -0.3 is 20.7 Å². The van der Waals surface area contributed by atoms with Crippen molar-refractivity contribution in [3.8, 4) is 5.75 Å². The van der Waals surface area contributed by atoms with Crippen LogP contribution < -0.4 is 20.7 Å². The first-order valence-corrected chi connectivity index (χ1v) is 11.2. The molecule has 1 aliphatic carbocycles. The van der Waals surface area contributed by atoms with Gasteiger partial charge >= 0.3 is 0 Å². The van der Waals surface area contributed by atoms with Crippen LogP contribution in [-0.2, 0) is 0 Å². The summed E-state index contributed by atoms with van der Waals surface area (Å²) in [6.07, 6.45) is 9.76. The average molecular weight is 408 g/mol. The normalized spacial score (nSPS) is 19.8. The van der Waals surface area contributed by atoms with Crippen molar-refractivity contribution in [3.63, 3.8) is 0 Å². The van der Waals surface area contributed by atoms with E-state index in [1.165, 1.54) is 18.4 Å². The molecule has 0 radical (unpaired) electrons. The Balaban J connectivity index is 1.27. The first kappa shape index (κ1) is 20.5. The van der Waals surface area contributed by atoms with Gasteiger partial charge in [-0.25, -0.2) is 4.98 Å². The Labute approximate surface area is 179 Å². The highest BCUT2D eigenvalue weighted by atomic mass is 16.5. The Bertz CT molecular complexity index is 832. The van der Waals surface area contributed by atoms with Crippen molar-refractivity contribution >= 4 is 11.8 Å². The zero-order valence-corrected chi connectivity index (χ0v) is 17.9. The number of ether oxygens (including phenoxy) is 1.